The summed E-state index contributed by atoms with van der Waals surface area (Å²) in [5.41, 5.74) is 2.51. The Morgan fingerprint density at radius 3 is 2.08 bits per heavy atom. The van der Waals surface area contributed by atoms with Crippen LogP contribution in [0.25, 0.3) is 0 Å². The molecular weight excluding hydrogens is 304 g/mol. The SMILES string of the molecule is COCOCC1O[C@@H](Cc2ccc(COC)cc2)C(C)[C@@H](C)[C@@H]1C. The second-order valence-electron chi connectivity index (χ2n) is 7.02. The molecule has 0 aliphatic carbocycles. The summed E-state index contributed by atoms with van der Waals surface area (Å²) >= 11 is 0. The second-order valence-corrected chi connectivity index (χ2v) is 7.02. The van der Waals surface area contributed by atoms with Gasteiger partial charge < -0.3 is 18.9 Å². The summed E-state index contributed by atoms with van der Waals surface area (Å²) < 4.78 is 22.1. The van der Waals surface area contributed by atoms with Crippen LogP contribution >= 0.6 is 0 Å². The normalized spacial score (nSPS) is 30.5. The fourth-order valence-electron chi connectivity index (χ4n) is 3.47. The standard InChI is InChI=1S/C20H32O4/c1-14-15(2)19(24-20(16(14)3)12-23-13-22-5)10-17-6-8-18(9-7-17)11-21-4/h6-9,14-16,19-20H,10-13H2,1-5H3/t14-,15?,16+,19+,20?/m1/s1. The van der Waals surface area contributed by atoms with E-state index in [-0.39, 0.29) is 12.2 Å². The molecule has 4 nitrogen and oxygen atoms in total. The summed E-state index contributed by atoms with van der Waals surface area (Å²) in [6.07, 6.45) is 1.29. The Bertz CT molecular complexity index is 473. The van der Waals surface area contributed by atoms with Gasteiger partial charge in [0.25, 0.3) is 0 Å². The molecule has 1 saturated heterocycles. The molecule has 0 amide bonds. The maximum Gasteiger partial charge on any atom is 0.146 e. The minimum atomic E-state index is 0.129. The van der Waals surface area contributed by atoms with Crippen LogP contribution in [-0.4, -0.2) is 39.8 Å². The van der Waals surface area contributed by atoms with Crippen molar-refractivity contribution in [2.45, 2.75) is 46.0 Å². The third-order valence-corrected chi connectivity index (χ3v) is 5.44. The molecule has 1 heterocycles. The third kappa shape index (κ3) is 5.03. The van der Waals surface area contributed by atoms with Gasteiger partial charge in [-0.15, -0.1) is 0 Å². The van der Waals surface area contributed by atoms with E-state index in [9.17, 15) is 0 Å². The molecule has 136 valence electrons. The number of rotatable bonds is 8. The van der Waals surface area contributed by atoms with Gasteiger partial charge in [-0.2, -0.15) is 0 Å². The van der Waals surface area contributed by atoms with Crippen LogP contribution in [-0.2, 0) is 32.0 Å². The number of benzene rings is 1. The molecule has 0 saturated carbocycles. The van der Waals surface area contributed by atoms with Crippen molar-refractivity contribution in [3.63, 3.8) is 0 Å². The molecule has 1 aromatic carbocycles. The largest absolute Gasteiger partial charge is 0.380 e. The Kier molecular flexibility index (Phi) is 7.69. The van der Waals surface area contributed by atoms with Gasteiger partial charge in [0, 0.05) is 14.2 Å². The zero-order valence-corrected chi connectivity index (χ0v) is 15.7. The van der Waals surface area contributed by atoms with E-state index in [0.29, 0.717) is 37.8 Å². The van der Waals surface area contributed by atoms with E-state index < -0.39 is 0 Å². The van der Waals surface area contributed by atoms with Crippen LogP contribution < -0.4 is 0 Å². The summed E-state index contributed by atoms with van der Waals surface area (Å²) in [7, 11) is 3.37. The van der Waals surface area contributed by atoms with Gasteiger partial charge in [-0.25, -0.2) is 0 Å². The summed E-state index contributed by atoms with van der Waals surface area (Å²) in [6, 6.07) is 8.64. The minimum Gasteiger partial charge on any atom is -0.380 e. The molecule has 0 bridgehead atoms. The first-order valence-electron chi connectivity index (χ1n) is 8.85. The quantitative estimate of drug-likeness (QED) is 0.536. The maximum atomic E-state index is 6.40. The van der Waals surface area contributed by atoms with Crippen LogP contribution in [0, 0.1) is 17.8 Å². The summed E-state index contributed by atoms with van der Waals surface area (Å²) in [5.74, 6) is 1.61. The molecule has 2 rings (SSSR count). The first-order chi connectivity index (χ1) is 11.6. The average Bonchev–Trinajstić information content (AvgIpc) is 2.59. The van der Waals surface area contributed by atoms with E-state index >= 15 is 0 Å². The Labute approximate surface area is 146 Å². The lowest BCUT2D eigenvalue weighted by atomic mass is 9.75. The van der Waals surface area contributed by atoms with Crippen LogP contribution in [0.4, 0.5) is 0 Å². The highest BCUT2D eigenvalue weighted by Crippen LogP contribution is 2.36. The van der Waals surface area contributed by atoms with Crippen LogP contribution in [0.15, 0.2) is 24.3 Å². The van der Waals surface area contributed by atoms with Gasteiger partial charge in [-0.1, -0.05) is 45.0 Å². The Balaban J connectivity index is 1.99. The zero-order chi connectivity index (χ0) is 17.5. The van der Waals surface area contributed by atoms with E-state index in [1.807, 2.05) is 0 Å². The van der Waals surface area contributed by atoms with Gasteiger partial charge in [0.2, 0.25) is 0 Å². The molecule has 5 atom stereocenters. The lowest BCUT2D eigenvalue weighted by Crippen LogP contribution is -2.47. The van der Waals surface area contributed by atoms with Crippen LogP contribution in [0.5, 0.6) is 0 Å². The molecular formula is C20H32O4. The van der Waals surface area contributed by atoms with E-state index in [2.05, 4.69) is 45.0 Å². The average molecular weight is 336 g/mol. The Morgan fingerprint density at radius 2 is 1.46 bits per heavy atom. The van der Waals surface area contributed by atoms with Crippen molar-refractivity contribution in [2.24, 2.45) is 17.8 Å². The molecule has 24 heavy (non-hydrogen) atoms. The van der Waals surface area contributed by atoms with Crippen molar-refractivity contribution in [1.29, 1.82) is 0 Å². The van der Waals surface area contributed by atoms with E-state index in [1.54, 1.807) is 14.2 Å². The van der Waals surface area contributed by atoms with Gasteiger partial charge >= 0.3 is 0 Å². The summed E-state index contributed by atoms with van der Waals surface area (Å²) in [5, 5.41) is 0. The van der Waals surface area contributed by atoms with Gasteiger partial charge in [0.1, 0.15) is 6.79 Å². The second kappa shape index (κ2) is 9.52. The fraction of sp³-hybridized carbons (Fsp3) is 0.700. The highest BCUT2D eigenvalue weighted by molar-refractivity contribution is 5.23. The molecule has 1 fully saturated rings. The van der Waals surface area contributed by atoms with Gasteiger partial charge in [0.15, 0.2) is 0 Å². The first kappa shape index (κ1) is 19.4. The van der Waals surface area contributed by atoms with Crippen molar-refractivity contribution >= 4 is 0 Å². The highest BCUT2D eigenvalue weighted by atomic mass is 16.7. The predicted octanol–water partition coefficient (Wildman–Crippen LogP) is 3.67. The number of ether oxygens (including phenoxy) is 4. The Hall–Kier alpha value is -0.940. The molecule has 0 spiro atoms. The Morgan fingerprint density at radius 1 is 0.833 bits per heavy atom. The molecule has 0 radical (unpaired) electrons. The molecule has 4 heteroatoms. The van der Waals surface area contributed by atoms with Crippen molar-refractivity contribution < 1.29 is 18.9 Å². The van der Waals surface area contributed by atoms with Gasteiger partial charge in [-0.3, -0.25) is 0 Å². The lowest BCUT2D eigenvalue weighted by molar-refractivity contribution is -0.168. The first-order valence-corrected chi connectivity index (χ1v) is 8.85. The van der Waals surface area contributed by atoms with Gasteiger partial charge in [-0.05, 0) is 35.3 Å². The summed E-state index contributed by atoms with van der Waals surface area (Å²) in [4.78, 5) is 0. The van der Waals surface area contributed by atoms with Crippen molar-refractivity contribution in [3.8, 4) is 0 Å². The third-order valence-electron chi connectivity index (χ3n) is 5.44. The molecule has 2 unspecified atom stereocenters. The minimum absolute atomic E-state index is 0.129. The van der Waals surface area contributed by atoms with Gasteiger partial charge in [0.05, 0.1) is 25.4 Å². The molecule has 1 aliphatic rings. The molecule has 1 aliphatic heterocycles. The molecule has 0 aromatic heterocycles. The van der Waals surface area contributed by atoms with Crippen molar-refractivity contribution in [2.75, 3.05) is 27.6 Å². The lowest BCUT2D eigenvalue weighted by Gasteiger charge is -2.44. The maximum absolute atomic E-state index is 6.40. The van der Waals surface area contributed by atoms with E-state index in [1.165, 1.54) is 11.1 Å². The number of methoxy groups -OCH3 is 2. The van der Waals surface area contributed by atoms with Crippen LogP contribution in [0.2, 0.25) is 0 Å². The topological polar surface area (TPSA) is 36.9 Å². The highest BCUT2D eigenvalue weighted by Gasteiger charge is 2.38. The smallest absolute Gasteiger partial charge is 0.146 e. The fourth-order valence-corrected chi connectivity index (χ4v) is 3.47. The zero-order valence-electron chi connectivity index (χ0n) is 15.7. The number of hydrogen-bond acceptors (Lipinski definition) is 4. The van der Waals surface area contributed by atoms with E-state index in [4.69, 9.17) is 18.9 Å². The summed E-state index contributed by atoms with van der Waals surface area (Å²) in [6.45, 7) is 8.46. The molecule has 1 aromatic rings. The predicted molar refractivity (Wildman–Crippen MR) is 94.8 cm³/mol. The molecule has 0 N–H and O–H groups in total. The van der Waals surface area contributed by atoms with Crippen LogP contribution in [0.1, 0.15) is 31.9 Å². The van der Waals surface area contributed by atoms with Crippen molar-refractivity contribution in [1.82, 2.24) is 0 Å². The van der Waals surface area contributed by atoms with Crippen molar-refractivity contribution in [3.05, 3.63) is 35.4 Å². The van der Waals surface area contributed by atoms with Crippen LogP contribution in [0.3, 0.4) is 0 Å². The monoisotopic (exact) mass is 336 g/mol. The number of hydrogen-bond donors (Lipinski definition) is 0. The van der Waals surface area contributed by atoms with E-state index in [0.717, 1.165) is 6.42 Å².